The first kappa shape index (κ1) is 12.0. The SMILES string of the molecule is O=C(O)CCC1=C(O)c2ccccc2C(=O)C1=O. The molecule has 0 fully saturated rings. The van der Waals surface area contributed by atoms with Gasteiger partial charge in [-0.3, -0.25) is 14.4 Å². The van der Waals surface area contributed by atoms with Gasteiger partial charge in [-0.15, -0.1) is 0 Å². The zero-order chi connectivity index (χ0) is 13.3. The van der Waals surface area contributed by atoms with E-state index in [2.05, 4.69) is 0 Å². The number of fused-ring (bicyclic) bond motifs is 1. The number of rotatable bonds is 3. The standard InChI is InChI=1S/C13H10O5/c14-10(15)6-5-9-11(16)7-3-1-2-4-8(7)12(17)13(9)18/h1-4,16H,5-6H2,(H,14,15). The van der Waals surface area contributed by atoms with Gasteiger partial charge in [0.05, 0.1) is 0 Å². The highest BCUT2D eigenvalue weighted by atomic mass is 16.4. The van der Waals surface area contributed by atoms with Crippen molar-refractivity contribution in [2.45, 2.75) is 12.8 Å². The Morgan fingerprint density at radius 3 is 2.28 bits per heavy atom. The molecule has 5 nitrogen and oxygen atoms in total. The van der Waals surface area contributed by atoms with E-state index in [0.29, 0.717) is 0 Å². The number of carbonyl (C=O) groups excluding carboxylic acids is 2. The lowest BCUT2D eigenvalue weighted by Gasteiger charge is -2.17. The number of aliphatic hydroxyl groups excluding tert-OH is 1. The van der Waals surface area contributed by atoms with E-state index in [1.54, 1.807) is 12.1 Å². The molecule has 0 unspecified atom stereocenters. The van der Waals surface area contributed by atoms with Crippen LogP contribution in [0.2, 0.25) is 0 Å². The van der Waals surface area contributed by atoms with Gasteiger partial charge in [-0.1, -0.05) is 24.3 Å². The zero-order valence-corrected chi connectivity index (χ0v) is 9.34. The van der Waals surface area contributed by atoms with Crippen LogP contribution in [0.4, 0.5) is 0 Å². The zero-order valence-electron chi connectivity index (χ0n) is 9.34. The average Bonchev–Trinajstić information content (AvgIpc) is 2.36. The van der Waals surface area contributed by atoms with Gasteiger partial charge >= 0.3 is 5.97 Å². The molecule has 1 aromatic rings. The van der Waals surface area contributed by atoms with Gasteiger partial charge in [0.2, 0.25) is 11.6 Å². The number of benzene rings is 1. The molecule has 18 heavy (non-hydrogen) atoms. The van der Waals surface area contributed by atoms with E-state index in [9.17, 15) is 19.5 Å². The number of carboxylic acids is 1. The number of carbonyl (C=O) groups is 3. The Morgan fingerprint density at radius 2 is 1.67 bits per heavy atom. The van der Waals surface area contributed by atoms with Crippen LogP contribution in [-0.2, 0) is 9.59 Å². The number of aliphatic carboxylic acids is 1. The molecule has 1 aliphatic carbocycles. The highest BCUT2D eigenvalue weighted by Gasteiger charge is 2.32. The minimum atomic E-state index is -1.09. The molecular formula is C13H10O5. The Labute approximate surface area is 102 Å². The van der Waals surface area contributed by atoms with Crippen molar-refractivity contribution in [3.63, 3.8) is 0 Å². The molecule has 0 heterocycles. The molecule has 0 spiro atoms. The van der Waals surface area contributed by atoms with Gasteiger partial charge in [0, 0.05) is 23.1 Å². The largest absolute Gasteiger partial charge is 0.507 e. The molecule has 2 N–H and O–H groups in total. The summed E-state index contributed by atoms with van der Waals surface area (Å²) in [6, 6.07) is 6.21. The van der Waals surface area contributed by atoms with Gasteiger partial charge in [-0.05, 0) is 6.42 Å². The van der Waals surface area contributed by atoms with Crippen LogP contribution >= 0.6 is 0 Å². The summed E-state index contributed by atoms with van der Waals surface area (Å²) >= 11 is 0. The molecule has 0 aromatic heterocycles. The monoisotopic (exact) mass is 246 g/mol. The van der Waals surface area contributed by atoms with Crippen molar-refractivity contribution in [3.8, 4) is 0 Å². The Balaban J connectivity index is 2.48. The lowest BCUT2D eigenvalue weighted by Crippen LogP contribution is -2.24. The maximum atomic E-state index is 11.8. The van der Waals surface area contributed by atoms with Crippen molar-refractivity contribution in [3.05, 3.63) is 41.0 Å². The summed E-state index contributed by atoms with van der Waals surface area (Å²) in [4.78, 5) is 34.0. The molecule has 0 atom stereocenters. The van der Waals surface area contributed by atoms with Crippen LogP contribution in [0, 0.1) is 0 Å². The van der Waals surface area contributed by atoms with Crippen molar-refractivity contribution in [2.24, 2.45) is 0 Å². The van der Waals surface area contributed by atoms with Crippen molar-refractivity contribution in [2.75, 3.05) is 0 Å². The van der Waals surface area contributed by atoms with Crippen molar-refractivity contribution < 1.29 is 24.6 Å². The van der Waals surface area contributed by atoms with E-state index in [-0.39, 0.29) is 35.3 Å². The average molecular weight is 246 g/mol. The fourth-order valence-corrected chi connectivity index (χ4v) is 1.88. The Morgan fingerprint density at radius 1 is 1.06 bits per heavy atom. The van der Waals surface area contributed by atoms with Crippen LogP contribution in [0.15, 0.2) is 29.8 Å². The Bertz CT molecular complexity index is 583. The molecule has 1 aliphatic rings. The maximum absolute atomic E-state index is 11.8. The molecule has 0 bridgehead atoms. The number of Topliss-reactive ketones (excluding diaryl/α,β-unsaturated/α-hetero) is 2. The van der Waals surface area contributed by atoms with E-state index < -0.39 is 17.5 Å². The molecule has 2 rings (SSSR count). The highest BCUT2D eigenvalue weighted by Crippen LogP contribution is 2.29. The number of allylic oxidation sites excluding steroid dienone is 1. The minimum absolute atomic E-state index is 0.124. The van der Waals surface area contributed by atoms with Crippen LogP contribution in [0.1, 0.15) is 28.8 Å². The summed E-state index contributed by atoms with van der Waals surface area (Å²) in [6.07, 6.45) is -0.458. The second kappa shape index (κ2) is 4.44. The van der Waals surface area contributed by atoms with Gasteiger partial charge in [0.15, 0.2) is 0 Å². The molecular weight excluding hydrogens is 236 g/mol. The minimum Gasteiger partial charge on any atom is -0.507 e. The number of carboxylic acid groups (broad SMARTS) is 1. The lowest BCUT2D eigenvalue weighted by atomic mass is 9.86. The molecule has 0 saturated heterocycles. The predicted molar refractivity (Wildman–Crippen MR) is 62.2 cm³/mol. The first-order valence-electron chi connectivity index (χ1n) is 5.34. The van der Waals surface area contributed by atoms with Crippen LogP contribution in [0.3, 0.4) is 0 Å². The summed E-state index contributed by atoms with van der Waals surface area (Å²) in [5.41, 5.74) is 0.308. The van der Waals surface area contributed by atoms with Crippen molar-refractivity contribution in [1.29, 1.82) is 0 Å². The number of hydrogen-bond donors (Lipinski definition) is 2. The van der Waals surface area contributed by atoms with E-state index in [1.165, 1.54) is 12.1 Å². The van der Waals surface area contributed by atoms with Crippen molar-refractivity contribution >= 4 is 23.3 Å². The quantitative estimate of drug-likeness (QED) is 0.790. The third-order valence-electron chi connectivity index (χ3n) is 2.78. The van der Waals surface area contributed by atoms with Crippen LogP contribution < -0.4 is 0 Å². The number of ketones is 2. The molecule has 0 radical (unpaired) electrons. The molecule has 92 valence electrons. The smallest absolute Gasteiger partial charge is 0.303 e. The summed E-state index contributed by atoms with van der Waals surface area (Å²) < 4.78 is 0. The molecule has 5 heteroatoms. The summed E-state index contributed by atoms with van der Waals surface area (Å²) in [6.45, 7) is 0. The molecule has 0 amide bonds. The highest BCUT2D eigenvalue weighted by molar-refractivity contribution is 6.52. The van der Waals surface area contributed by atoms with Gasteiger partial charge < -0.3 is 10.2 Å². The fourth-order valence-electron chi connectivity index (χ4n) is 1.88. The predicted octanol–water partition coefficient (Wildman–Crippen LogP) is 1.59. The molecule has 0 aliphatic heterocycles. The lowest BCUT2D eigenvalue weighted by molar-refractivity contribution is -0.136. The third kappa shape index (κ3) is 1.90. The number of aliphatic hydroxyl groups is 1. The Hall–Kier alpha value is -2.43. The summed E-state index contributed by atoms with van der Waals surface area (Å²) in [5.74, 6) is -2.91. The second-order valence-corrected chi connectivity index (χ2v) is 3.92. The number of hydrogen-bond acceptors (Lipinski definition) is 4. The first-order chi connectivity index (χ1) is 8.52. The topological polar surface area (TPSA) is 91.7 Å². The van der Waals surface area contributed by atoms with Gasteiger partial charge in [0.1, 0.15) is 5.76 Å². The van der Waals surface area contributed by atoms with E-state index in [0.717, 1.165) is 0 Å². The van der Waals surface area contributed by atoms with Crippen molar-refractivity contribution in [1.82, 2.24) is 0 Å². The second-order valence-electron chi connectivity index (χ2n) is 3.92. The molecule has 1 aromatic carbocycles. The van der Waals surface area contributed by atoms with Gasteiger partial charge in [-0.2, -0.15) is 0 Å². The van der Waals surface area contributed by atoms with E-state index >= 15 is 0 Å². The van der Waals surface area contributed by atoms with E-state index in [1.807, 2.05) is 0 Å². The van der Waals surface area contributed by atoms with Gasteiger partial charge in [0.25, 0.3) is 0 Å². The van der Waals surface area contributed by atoms with Crippen LogP contribution in [0.5, 0.6) is 0 Å². The summed E-state index contributed by atoms with van der Waals surface area (Å²) in [7, 11) is 0. The molecule has 0 saturated carbocycles. The fraction of sp³-hybridized carbons (Fsp3) is 0.154. The summed E-state index contributed by atoms with van der Waals surface area (Å²) in [5, 5.41) is 18.5. The normalized spacial score (nSPS) is 14.7. The van der Waals surface area contributed by atoms with Gasteiger partial charge in [-0.25, -0.2) is 0 Å². The maximum Gasteiger partial charge on any atom is 0.303 e. The first-order valence-corrected chi connectivity index (χ1v) is 5.34. The third-order valence-corrected chi connectivity index (χ3v) is 2.78. The van der Waals surface area contributed by atoms with Crippen LogP contribution in [-0.4, -0.2) is 27.7 Å². The Kier molecular flexibility index (Phi) is 2.97. The van der Waals surface area contributed by atoms with E-state index in [4.69, 9.17) is 5.11 Å². The van der Waals surface area contributed by atoms with Crippen LogP contribution in [0.25, 0.3) is 5.76 Å².